The molecule has 2 N–H and O–H groups in total. The van der Waals surface area contributed by atoms with Crippen LogP contribution in [0.25, 0.3) is 0 Å². The fourth-order valence-electron chi connectivity index (χ4n) is 3.65. The lowest BCUT2D eigenvalue weighted by atomic mass is 10.1. The number of carbonyl (C=O) groups excluding carboxylic acids is 2. The number of nitrogens with zero attached hydrogens (tertiary/aromatic N) is 2. The number of amides is 2. The number of ether oxygens (including phenoxy) is 1. The Balaban J connectivity index is 1.61. The van der Waals surface area contributed by atoms with Crippen molar-refractivity contribution in [1.82, 2.24) is 9.80 Å². The van der Waals surface area contributed by atoms with Gasteiger partial charge in [0.25, 0.3) is 11.8 Å². The molecule has 6 nitrogen and oxygen atoms in total. The van der Waals surface area contributed by atoms with Crippen LogP contribution in [0.1, 0.15) is 36.0 Å². The molecular weight excluding hydrogens is 306 g/mol. The van der Waals surface area contributed by atoms with Gasteiger partial charge in [0.2, 0.25) is 0 Å². The van der Waals surface area contributed by atoms with Crippen LogP contribution >= 0.6 is 0 Å². The molecule has 2 aliphatic rings. The molecule has 24 heavy (non-hydrogen) atoms. The number of benzene rings is 1. The molecule has 0 spiro atoms. The largest absolute Gasteiger partial charge is 0.483 e. The van der Waals surface area contributed by atoms with Gasteiger partial charge in [0, 0.05) is 32.2 Å². The number of hydrogen-bond donors (Lipinski definition) is 1. The average molecular weight is 331 g/mol. The highest BCUT2D eigenvalue weighted by atomic mass is 16.5. The van der Waals surface area contributed by atoms with Gasteiger partial charge in [-0.2, -0.15) is 0 Å². The second-order valence-corrected chi connectivity index (χ2v) is 6.52. The Morgan fingerprint density at radius 1 is 1.08 bits per heavy atom. The van der Waals surface area contributed by atoms with Crippen LogP contribution in [0.3, 0.4) is 0 Å². The van der Waals surface area contributed by atoms with Gasteiger partial charge < -0.3 is 15.4 Å². The fourth-order valence-corrected chi connectivity index (χ4v) is 3.65. The maximum Gasteiger partial charge on any atom is 0.257 e. The van der Waals surface area contributed by atoms with E-state index in [1.165, 1.54) is 25.7 Å². The van der Waals surface area contributed by atoms with Crippen LogP contribution in [0.5, 0.6) is 5.75 Å². The van der Waals surface area contributed by atoms with Gasteiger partial charge in [0.1, 0.15) is 5.75 Å². The second-order valence-electron chi connectivity index (χ2n) is 6.52. The summed E-state index contributed by atoms with van der Waals surface area (Å²) in [5.74, 6) is -0.178. The van der Waals surface area contributed by atoms with E-state index in [9.17, 15) is 9.59 Å². The lowest BCUT2D eigenvalue weighted by Crippen LogP contribution is -2.51. The van der Waals surface area contributed by atoms with Crippen molar-refractivity contribution in [3.8, 4) is 5.75 Å². The first-order valence-electron chi connectivity index (χ1n) is 8.68. The molecule has 6 heteroatoms. The van der Waals surface area contributed by atoms with E-state index in [-0.39, 0.29) is 12.5 Å². The zero-order valence-electron chi connectivity index (χ0n) is 13.9. The van der Waals surface area contributed by atoms with Gasteiger partial charge in [-0.3, -0.25) is 14.5 Å². The highest BCUT2D eigenvalue weighted by molar-refractivity contribution is 5.97. The summed E-state index contributed by atoms with van der Waals surface area (Å²) in [5, 5.41) is 0. The number of carbonyl (C=O) groups is 2. The molecular formula is C18H25N3O3. The molecule has 2 amide bonds. The lowest BCUT2D eigenvalue weighted by Gasteiger charge is -2.38. The minimum absolute atomic E-state index is 0.0406. The van der Waals surface area contributed by atoms with Crippen LogP contribution in [0.4, 0.5) is 0 Å². The number of para-hydroxylation sites is 1. The molecule has 1 aliphatic carbocycles. The van der Waals surface area contributed by atoms with Crippen molar-refractivity contribution in [2.45, 2.75) is 31.7 Å². The van der Waals surface area contributed by atoms with Crippen molar-refractivity contribution in [2.75, 3.05) is 32.8 Å². The number of nitrogens with two attached hydrogens (primary N) is 1. The molecule has 1 heterocycles. The van der Waals surface area contributed by atoms with Crippen molar-refractivity contribution in [1.29, 1.82) is 0 Å². The van der Waals surface area contributed by atoms with E-state index in [2.05, 4.69) is 4.90 Å². The van der Waals surface area contributed by atoms with E-state index >= 15 is 0 Å². The van der Waals surface area contributed by atoms with Crippen LogP contribution in [0, 0.1) is 0 Å². The molecule has 1 aromatic rings. The monoisotopic (exact) mass is 331 g/mol. The third-order valence-corrected chi connectivity index (χ3v) is 4.93. The Kier molecular flexibility index (Phi) is 5.35. The highest BCUT2D eigenvalue weighted by Crippen LogP contribution is 2.25. The van der Waals surface area contributed by atoms with E-state index < -0.39 is 5.91 Å². The quantitative estimate of drug-likeness (QED) is 0.881. The molecule has 130 valence electrons. The van der Waals surface area contributed by atoms with Gasteiger partial charge in [-0.25, -0.2) is 0 Å². The third-order valence-electron chi connectivity index (χ3n) is 4.93. The van der Waals surface area contributed by atoms with E-state index in [4.69, 9.17) is 10.5 Å². The van der Waals surface area contributed by atoms with Crippen LogP contribution in [0.2, 0.25) is 0 Å². The molecule has 0 radical (unpaired) electrons. The Morgan fingerprint density at radius 2 is 1.75 bits per heavy atom. The van der Waals surface area contributed by atoms with Crippen molar-refractivity contribution in [3.63, 3.8) is 0 Å². The highest BCUT2D eigenvalue weighted by Gasteiger charge is 2.29. The number of piperazine rings is 1. The molecule has 3 rings (SSSR count). The third kappa shape index (κ3) is 3.87. The van der Waals surface area contributed by atoms with Crippen molar-refractivity contribution in [2.24, 2.45) is 5.73 Å². The first-order valence-corrected chi connectivity index (χ1v) is 8.68. The predicted molar refractivity (Wildman–Crippen MR) is 90.9 cm³/mol. The molecule has 1 saturated carbocycles. The fraction of sp³-hybridized carbons (Fsp3) is 0.556. The molecule has 1 saturated heterocycles. The summed E-state index contributed by atoms with van der Waals surface area (Å²) in [6.07, 6.45) is 5.23. The summed E-state index contributed by atoms with van der Waals surface area (Å²) in [4.78, 5) is 28.1. The maximum atomic E-state index is 12.8. The van der Waals surface area contributed by atoms with E-state index in [0.717, 1.165) is 26.2 Å². The molecule has 1 aliphatic heterocycles. The van der Waals surface area contributed by atoms with E-state index in [1.54, 1.807) is 24.3 Å². The van der Waals surface area contributed by atoms with Gasteiger partial charge >= 0.3 is 0 Å². The maximum absolute atomic E-state index is 12.8. The van der Waals surface area contributed by atoms with Gasteiger partial charge in [0.05, 0.1) is 5.56 Å². The smallest absolute Gasteiger partial charge is 0.257 e. The Bertz CT molecular complexity index is 591. The second kappa shape index (κ2) is 7.66. The van der Waals surface area contributed by atoms with Crippen molar-refractivity contribution < 1.29 is 14.3 Å². The van der Waals surface area contributed by atoms with Gasteiger partial charge in [0.15, 0.2) is 6.61 Å². The van der Waals surface area contributed by atoms with E-state index in [0.29, 0.717) is 17.4 Å². The van der Waals surface area contributed by atoms with Crippen LogP contribution in [0.15, 0.2) is 24.3 Å². The summed E-state index contributed by atoms with van der Waals surface area (Å²) >= 11 is 0. The number of hydrogen-bond acceptors (Lipinski definition) is 4. The zero-order chi connectivity index (χ0) is 16.9. The molecule has 0 atom stereocenters. The van der Waals surface area contributed by atoms with Crippen LogP contribution in [-0.4, -0.2) is 60.4 Å². The molecule has 0 aromatic heterocycles. The average Bonchev–Trinajstić information content (AvgIpc) is 3.14. The van der Waals surface area contributed by atoms with Crippen molar-refractivity contribution >= 4 is 11.8 Å². The summed E-state index contributed by atoms with van der Waals surface area (Å²) in [7, 11) is 0. The first-order chi connectivity index (χ1) is 11.6. The summed E-state index contributed by atoms with van der Waals surface area (Å²) < 4.78 is 5.38. The van der Waals surface area contributed by atoms with Gasteiger partial charge in [-0.15, -0.1) is 0 Å². The van der Waals surface area contributed by atoms with Crippen molar-refractivity contribution in [3.05, 3.63) is 29.8 Å². The zero-order valence-corrected chi connectivity index (χ0v) is 13.9. The normalized spacial score (nSPS) is 19.4. The molecule has 0 bridgehead atoms. The molecule has 2 fully saturated rings. The first kappa shape index (κ1) is 16.8. The summed E-state index contributed by atoms with van der Waals surface area (Å²) in [6, 6.07) is 7.73. The van der Waals surface area contributed by atoms with Crippen LogP contribution in [-0.2, 0) is 4.79 Å². The minimum atomic E-state index is -0.553. The Labute approximate surface area is 142 Å². The topological polar surface area (TPSA) is 75.9 Å². The number of primary amides is 1. The van der Waals surface area contributed by atoms with Gasteiger partial charge in [-0.1, -0.05) is 25.0 Å². The summed E-state index contributed by atoms with van der Waals surface area (Å²) in [5.41, 5.74) is 5.61. The molecule has 1 aromatic carbocycles. The lowest BCUT2D eigenvalue weighted by molar-refractivity contribution is -0.119. The standard InChI is InChI=1S/C18H25N3O3/c19-17(22)13-24-16-8-4-3-7-15(16)18(23)21-11-9-20(10-12-21)14-5-1-2-6-14/h3-4,7-8,14H,1-2,5-6,9-13H2,(H2,19,22). The minimum Gasteiger partial charge on any atom is -0.483 e. The predicted octanol–water partition coefficient (Wildman–Crippen LogP) is 1.25. The Hall–Kier alpha value is -2.08. The van der Waals surface area contributed by atoms with Crippen LogP contribution < -0.4 is 10.5 Å². The number of rotatable bonds is 5. The molecule has 0 unspecified atom stereocenters. The SMILES string of the molecule is NC(=O)COc1ccccc1C(=O)N1CCN(C2CCCC2)CC1. The van der Waals surface area contributed by atoms with Gasteiger partial charge in [-0.05, 0) is 25.0 Å². The van der Waals surface area contributed by atoms with E-state index in [1.807, 2.05) is 4.90 Å². The Morgan fingerprint density at radius 3 is 2.42 bits per heavy atom. The summed E-state index contributed by atoms with van der Waals surface area (Å²) in [6.45, 7) is 3.11.